The predicted molar refractivity (Wildman–Crippen MR) is 130 cm³/mol. The molecule has 0 aliphatic heterocycles. The van der Waals surface area contributed by atoms with E-state index < -0.39 is 0 Å². The van der Waals surface area contributed by atoms with Crippen molar-refractivity contribution in [3.8, 4) is 0 Å². The zero-order chi connectivity index (χ0) is 21.3. The molecule has 4 saturated carbocycles. The van der Waals surface area contributed by atoms with Crippen LogP contribution in [0.1, 0.15) is 130 Å². The van der Waals surface area contributed by atoms with Crippen molar-refractivity contribution in [3.05, 3.63) is 0 Å². The molecule has 0 atom stereocenters. The molecule has 2 nitrogen and oxygen atoms in total. The molecule has 4 fully saturated rings. The third-order valence-corrected chi connectivity index (χ3v) is 9.02. The summed E-state index contributed by atoms with van der Waals surface area (Å²) in [6.07, 6.45) is 25.1. The molecule has 4 rings (SSSR count). The van der Waals surface area contributed by atoms with Crippen LogP contribution in [0, 0.1) is 17.8 Å². The number of nitrogens with zero attached hydrogens (tertiary/aromatic N) is 1. The van der Waals surface area contributed by atoms with Crippen LogP contribution < -0.4 is 0 Å². The zero-order valence-electron chi connectivity index (χ0n) is 20.9. The molecule has 0 spiro atoms. The van der Waals surface area contributed by atoms with E-state index in [9.17, 15) is 0 Å². The Labute approximate surface area is 188 Å². The Balaban J connectivity index is 0.000000172. The molecule has 0 bridgehead atoms. The first-order valence-corrected chi connectivity index (χ1v) is 13.9. The lowest BCUT2D eigenvalue weighted by atomic mass is 9.83. The van der Waals surface area contributed by atoms with Gasteiger partial charge in [0.2, 0.25) is 0 Å². The van der Waals surface area contributed by atoms with Gasteiger partial charge >= 0.3 is 0 Å². The largest absolute Gasteiger partial charge is 0.375 e. The van der Waals surface area contributed by atoms with Gasteiger partial charge in [0.25, 0.3) is 0 Å². The molecule has 0 heterocycles. The van der Waals surface area contributed by atoms with Gasteiger partial charge in [0.15, 0.2) is 0 Å². The molecule has 30 heavy (non-hydrogen) atoms. The lowest BCUT2D eigenvalue weighted by Crippen LogP contribution is -2.43. The van der Waals surface area contributed by atoms with Crippen LogP contribution in [-0.2, 0) is 4.74 Å². The van der Waals surface area contributed by atoms with E-state index in [0.717, 1.165) is 29.8 Å². The molecule has 0 aromatic rings. The fraction of sp³-hybridized carbons (Fsp3) is 1.00. The van der Waals surface area contributed by atoms with Gasteiger partial charge in [0.1, 0.15) is 0 Å². The molecular weight excluding hydrogens is 366 g/mol. The Morgan fingerprint density at radius 1 is 0.467 bits per heavy atom. The molecule has 176 valence electrons. The van der Waals surface area contributed by atoms with Gasteiger partial charge < -0.3 is 9.64 Å². The number of ether oxygens (including phenoxy) is 1. The Hall–Kier alpha value is -0.0800. The quantitative estimate of drug-likeness (QED) is 0.458. The molecule has 0 radical (unpaired) electrons. The second kappa shape index (κ2) is 12.8. The van der Waals surface area contributed by atoms with E-state index in [1.165, 1.54) is 109 Å². The van der Waals surface area contributed by atoms with Crippen molar-refractivity contribution in [2.45, 2.75) is 154 Å². The highest BCUT2D eigenvalue weighted by Crippen LogP contribution is 2.33. The van der Waals surface area contributed by atoms with E-state index in [4.69, 9.17) is 4.74 Å². The number of rotatable bonds is 4. The van der Waals surface area contributed by atoms with Crippen molar-refractivity contribution in [2.24, 2.45) is 17.8 Å². The van der Waals surface area contributed by atoms with Crippen molar-refractivity contribution in [2.75, 3.05) is 7.05 Å². The highest BCUT2D eigenvalue weighted by molar-refractivity contribution is 4.83. The fourth-order valence-electron chi connectivity index (χ4n) is 6.44. The zero-order valence-corrected chi connectivity index (χ0v) is 20.9. The summed E-state index contributed by atoms with van der Waals surface area (Å²) < 4.78 is 6.18. The summed E-state index contributed by atoms with van der Waals surface area (Å²) in [6.45, 7) is 7.20. The normalized spacial score (nSPS) is 38.7. The van der Waals surface area contributed by atoms with Gasteiger partial charge in [-0.3, -0.25) is 0 Å². The predicted octanol–water partition coefficient (Wildman–Crippen LogP) is 7.99. The van der Waals surface area contributed by atoms with Gasteiger partial charge in [0.05, 0.1) is 12.2 Å². The molecule has 0 unspecified atom stereocenters. The van der Waals surface area contributed by atoms with Gasteiger partial charge in [0, 0.05) is 12.1 Å². The van der Waals surface area contributed by atoms with E-state index >= 15 is 0 Å². The molecule has 4 aliphatic carbocycles. The highest BCUT2D eigenvalue weighted by Gasteiger charge is 2.28. The topological polar surface area (TPSA) is 12.5 Å². The van der Waals surface area contributed by atoms with E-state index in [0.29, 0.717) is 12.2 Å². The van der Waals surface area contributed by atoms with E-state index in [2.05, 4.69) is 32.7 Å². The third kappa shape index (κ3) is 8.12. The van der Waals surface area contributed by atoms with Gasteiger partial charge in [-0.15, -0.1) is 0 Å². The first-order valence-electron chi connectivity index (χ1n) is 13.9. The smallest absolute Gasteiger partial charge is 0.0579 e. The van der Waals surface area contributed by atoms with Gasteiger partial charge in [-0.2, -0.15) is 0 Å². The van der Waals surface area contributed by atoms with Gasteiger partial charge in [-0.05, 0) is 115 Å². The number of hydrogen-bond acceptors (Lipinski definition) is 2. The Morgan fingerprint density at radius 3 is 1.27 bits per heavy atom. The average molecular weight is 420 g/mol. The maximum atomic E-state index is 6.18. The first kappa shape index (κ1) is 24.6. The van der Waals surface area contributed by atoms with E-state index in [1.54, 1.807) is 0 Å². The van der Waals surface area contributed by atoms with Crippen LogP contribution in [0.15, 0.2) is 0 Å². The van der Waals surface area contributed by atoms with Crippen LogP contribution in [0.2, 0.25) is 0 Å². The standard InChI is InChI=1S/C15H29N.C13H24O/c1-12-4-8-14(9-5-12)16(3)15-10-6-13(2)7-11-15;1-11-7-9-13(10-8-11)14-12-5-3-2-4-6-12/h12-15H,4-11H2,1-3H3;11-13H,2-10H2,1H3. The minimum atomic E-state index is 0.606. The van der Waals surface area contributed by atoms with E-state index in [1.807, 2.05) is 0 Å². The molecule has 2 heteroatoms. The van der Waals surface area contributed by atoms with Crippen molar-refractivity contribution < 1.29 is 4.74 Å². The minimum absolute atomic E-state index is 0.606. The molecule has 4 aliphatic rings. The Bertz CT molecular complexity index is 414. The van der Waals surface area contributed by atoms with Crippen molar-refractivity contribution in [1.82, 2.24) is 4.90 Å². The third-order valence-electron chi connectivity index (χ3n) is 9.02. The van der Waals surface area contributed by atoms with Crippen LogP contribution in [0.3, 0.4) is 0 Å². The second-order valence-corrected chi connectivity index (χ2v) is 11.8. The SMILES string of the molecule is CC1CCC(N(C)C2CCC(C)CC2)CC1.CC1CCC(OC2CCCCC2)CC1. The van der Waals surface area contributed by atoms with Crippen molar-refractivity contribution in [1.29, 1.82) is 0 Å². The summed E-state index contributed by atoms with van der Waals surface area (Å²) >= 11 is 0. The Morgan fingerprint density at radius 2 is 0.833 bits per heavy atom. The average Bonchev–Trinajstić information content (AvgIpc) is 2.77. The maximum Gasteiger partial charge on any atom is 0.0579 e. The van der Waals surface area contributed by atoms with Crippen LogP contribution >= 0.6 is 0 Å². The molecule has 0 N–H and O–H groups in total. The van der Waals surface area contributed by atoms with Crippen LogP contribution in [0.5, 0.6) is 0 Å². The summed E-state index contributed by atoms with van der Waals surface area (Å²) in [5.41, 5.74) is 0. The monoisotopic (exact) mass is 419 g/mol. The number of hydrogen-bond donors (Lipinski definition) is 0. The van der Waals surface area contributed by atoms with Crippen molar-refractivity contribution in [3.63, 3.8) is 0 Å². The lowest BCUT2D eigenvalue weighted by Gasteiger charge is -2.41. The summed E-state index contributed by atoms with van der Waals surface area (Å²) in [5.74, 6) is 2.91. The van der Waals surface area contributed by atoms with Gasteiger partial charge in [-0.25, -0.2) is 0 Å². The second-order valence-electron chi connectivity index (χ2n) is 11.8. The van der Waals surface area contributed by atoms with Crippen LogP contribution in [-0.4, -0.2) is 36.2 Å². The van der Waals surface area contributed by atoms with Crippen LogP contribution in [0.25, 0.3) is 0 Å². The fourth-order valence-corrected chi connectivity index (χ4v) is 6.44. The molecule has 0 amide bonds. The highest BCUT2D eigenvalue weighted by atomic mass is 16.5. The minimum Gasteiger partial charge on any atom is -0.375 e. The lowest BCUT2D eigenvalue weighted by molar-refractivity contribution is -0.0499. The molecule has 0 saturated heterocycles. The summed E-state index contributed by atoms with van der Waals surface area (Å²) in [7, 11) is 2.39. The van der Waals surface area contributed by atoms with E-state index in [-0.39, 0.29) is 0 Å². The molecule has 0 aromatic carbocycles. The summed E-state index contributed by atoms with van der Waals surface area (Å²) in [5, 5.41) is 0. The van der Waals surface area contributed by atoms with Crippen LogP contribution in [0.4, 0.5) is 0 Å². The maximum absolute atomic E-state index is 6.18. The van der Waals surface area contributed by atoms with Gasteiger partial charge in [-0.1, -0.05) is 40.0 Å². The summed E-state index contributed by atoms with van der Waals surface area (Å²) in [4.78, 5) is 2.73. The molecule has 0 aromatic heterocycles. The first-order chi connectivity index (χ1) is 14.5. The molecular formula is C28H53NO. The summed E-state index contributed by atoms with van der Waals surface area (Å²) in [6, 6.07) is 1.80. The Kier molecular flexibility index (Phi) is 10.5. The van der Waals surface area contributed by atoms with Crippen molar-refractivity contribution >= 4 is 0 Å².